The number of anilines is 2. The van der Waals surface area contributed by atoms with Crippen molar-refractivity contribution in [2.45, 2.75) is 52.9 Å². The fourth-order valence-electron chi connectivity index (χ4n) is 5.36. The van der Waals surface area contributed by atoms with Crippen molar-refractivity contribution in [2.24, 2.45) is 5.92 Å². The topological polar surface area (TPSA) is 113 Å². The molecule has 9 nitrogen and oxygen atoms in total. The van der Waals surface area contributed by atoms with Crippen LogP contribution in [0.25, 0.3) is 32.2 Å². The smallest absolute Gasteiger partial charge is 0.412 e. The number of carbonyl (C=O) groups is 1. The number of aromatic nitrogens is 3. The molecule has 40 heavy (non-hydrogen) atoms. The molecule has 1 N–H and O–H groups in total. The predicted molar refractivity (Wildman–Crippen MR) is 157 cm³/mol. The van der Waals surface area contributed by atoms with Crippen LogP contribution in [0.5, 0.6) is 0 Å². The van der Waals surface area contributed by atoms with Crippen LogP contribution in [0.2, 0.25) is 0 Å². The first-order valence-corrected chi connectivity index (χ1v) is 14.4. The van der Waals surface area contributed by atoms with Crippen LogP contribution in [0.15, 0.2) is 12.4 Å². The number of halogens is 1. The third-order valence-electron chi connectivity index (χ3n) is 7.12. The van der Waals surface area contributed by atoms with Crippen LogP contribution < -0.4 is 15.5 Å². The lowest BCUT2D eigenvalue weighted by molar-refractivity contribution is 0.0636. The number of hydrogen-bond acceptors (Lipinski definition) is 9. The Labute approximate surface area is 236 Å². The normalized spacial score (nSPS) is 16.9. The highest BCUT2D eigenvalue weighted by Crippen LogP contribution is 2.44. The van der Waals surface area contributed by atoms with Crippen LogP contribution in [-0.2, 0) is 22.7 Å². The lowest BCUT2D eigenvalue weighted by Gasteiger charge is -2.19. The zero-order valence-corrected chi connectivity index (χ0v) is 24.6. The van der Waals surface area contributed by atoms with E-state index in [4.69, 9.17) is 14.5 Å². The fraction of sp³-hybridized carbons (Fsp3) is 0.393. The summed E-state index contributed by atoms with van der Waals surface area (Å²) in [4.78, 5) is 28.9. The summed E-state index contributed by atoms with van der Waals surface area (Å²) in [6, 6.07) is 2.16. The minimum atomic E-state index is -0.737. The number of rotatable bonds is 3. The summed E-state index contributed by atoms with van der Waals surface area (Å²) in [5, 5.41) is 15.0. The van der Waals surface area contributed by atoms with Crippen molar-refractivity contribution < 1.29 is 18.7 Å². The molecule has 5 heterocycles. The summed E-state index contributed by atoms with van der Waals surface area (Å²) in [5.41, 5.74) is 3.16. The van der Waals surface area contributed by atoms with Gasteiger partial charge in [-0.15, -0.1) is 20.6 Å². The second kappa shape index (κ2) is 9.88. The van der Waals surface area contributed by atoms with Crippen molar-refractivity contribution >= 4 is 63.9 Å². The lowest BCUT2D eigenvalue weighted by Crippen LogP contribution is -2.27. The predicted octanol–water partition coefficient (Wildman–Crippen LogP) is 5.64. The van der Waals surface area contributed by atoms with Gasteiger partial charge in [-0.1, -0.05) is 6.92 Å². The molecule has 2 unspecified atom stereocenters. The molecule has 0 radical (unpaired) electrons. The molecule has 1 aromatic carbocycles. The average molecular weight is 579 g/mol. The monoisotopic (exact) mass is 578 g/mol. The zero-order valence-electron chi connectivity index (χ0n) is 22.6. The van der Waals surface area contributed by atoms with Gasteiger partial charge in [0, 0.05) is 40.9 Å². The van der Waals surface area contributed by atoms with Gasteiger partial charge in [-0.3, -0.25) is 10.3 Å². The van der Waals surface area contributed by atoms with E-state index >= 15 is 4.39 Å². The Bertz CT molecular complexity index is 1740. The lowest BCUT2D eigenvalue weighted by atomic mass is 9.94. The average Bonchev–Trinajstić information content (AvgIpc) is 3.63. The van der Waals surface area contributed by atoms with Crippen molar-refractivity contribution in [1.82, 2.24) is 15.0 Å². The van der Waals surface area contributed by atoms with Crippen LogP contribution in [-0.4, -0.2) is 39.7 Å². The van der Waals surface area contributed by atoms with E-state index in [2.05, 4.69) is 42.4 Å². The minimum absolute atomic E-state index is 0.124. The van der Waals surface area contributed by atoms with Crippen LogP contribution in [0.4, 0.5) is 20.1 Å². The maximum absolute atomic E-state index is 15.1. The van der Waals surface area contributed by atoms with E-state index in [1.165, 1.54) is 0 Å². The van der Waals surface area contributed by atoms with Crippen LogP contribution in [0, 0.1) is 23.1 Å². The molecular weight excluding hydrogens is 550 g/mol. The molecule has 2 atom stereocenters. The number of fused-ring (bicyclic) bond motifs is 4. The number of ether oxygens (including phenoxy) is 2. The number of carbonyl (C=O) groups excluding carboxylic acids is 1. The molecule has 0 spiro atoms. The number of amides is 1. The highest BCUT2D eigenvalue weighted by molar-refractivity contribution is 7.29. The largest absolute Gasteiger partial charge is 0.444 e. The SMILES string of the molecule is CC1CCN(c2ncc3c4c(c(-c5ncc(F)c6sc(NC(=O)OC(C)(C)C)c(C#N)c56)c(P)c3n2)COC4)C1. The van der Waals surface area contributed by atoms with Gasteiger partial charge < -0.3 is 14.4 Å². The molecule has 4 aromatic rings. The molecule has 0 saturated carbocycles. The van der Waals surface area contributed by atoms with Gasteiger partial charge in [-0.2, -0.15) is 5.26 Å². The molecule has 3 aromatic heterocycles. The summed E-state index contributed by atoms with van der Waals surface area (Å²) < 4.78 is 26.6. The van der Waals surface area contributed by atoms with E-state index in [1.54, 1.807) is 20.8 Å². The highest BCUT2D eigenvalue weighted by Gasteiger charge is 2.30. The fourth-order valence-corrected chi connectivity index (χ4v) is 6.93. The number of pyridine rings is 1. The summed E-state index contributed by atoms with van der Waals surface area (Å²) >= 11 is 0.981. The molecule has 12 heteroatoms. The second-order valence-corrected chi connectivity index (χ2v) is 12.8. The molecule has 1 saturated heterocycles. The molecule has 1 fully saturated rings. The second-order valence-electron chi connectivity index (χ2n) is 11.2. The van der Waals surface area contributed by atoms with Crippen molar-refractivity contribution in [1.29, 1.82) is 5.26 Å². The summed E-state index contributed by atoms with van der Waals surface area (Å²) in [6.45, 7) is 9.96. The van der Waals surface area contributed by atoms with E-state index in [-0.39, 0.29) is 15.3 Å². The van der Waals surface area contributed by atoms with Gasteiger partial charge in [-0.25, -0.2) is 19.2 Å². The Morgan fingerprint density at radius 3 is 2.77 bits per heavy atom. The molecule has 0 aliphatic carbocycles. The number of benzene rings is 1. The van der Waals surface area contributed by atoms with Crippen LogP contribution in [0.3, 0.4) is 0 Å². The van der Waals surface area contributed by atoms with Crippen molar-refractivity contribution in [3.8, 4) is 17.3 Å². The van der Waals surface area contributed by atoms with E-state index in [9.17, 15) is 10.1 Å². The Hall–Kier alpha value is -3.45. The highest BCUT2D eigenvalue weighted by atomic mass is 32.1. The van der Waals surface area contributed by atoms with E-state index in [1.807, 2.05) is 6.20 Å². The Balaban J connectivity index is 1.56. The third kappa shape index (κ3) is 4.54. The first kappa shape index (κ1) is 26.8. The Kier molecular flexibility index (Phi) is 6.61. The third-order valence-corrected chi connectivity index (χ3v) is 8.80. The molecule has 0 bridgehead atoms. The first-order chi connectivity index (χ1) is 19.1. The van der Waals surface area contributed by atoms with Crippen molar-refractivity contribution in [2.75, 3.05) is 23.3 Å². The molecule has 6 rings (SSSR count). The van der Waals surface area contributed by atoms with E-state index in [0.717, 1.165) is 69.9 Å². The molecular formula is C28H28FN6O3PS. The van der Waals surface area contributed by atoms with Gasteiger partial charge in [0.25, 0.3) is 0 Å². The van der Waals surface area contributed by atoms with Crippen LogP contribution >= 0.6 is 20.6 Å². The number of nitriles is 1. The minimum Gasteiger partial charge on any atom is -0.444 e. The number of hydrogen-bond donors (Lipinski definition) is 1. The standard InChI is InChI=1S/C28H28FN6O3PS/c1-13-5-6-35(10-13)26-32-8-15-16-11-37-12-17(16)19(23(39)21(15)33-26)22-20-14(7-30)25(34-27(36)38-28(2,3)4)40-24(20)18(29)9-31-22/h8-9,13H,5-6,10-12,39H2,1-4H3,(H,34,36). The van der Waals surface area contributed by atoms with Crippen LogP contribution in [0.1, 0.15) is 50.8 Å². The maximum atomic E-state index is 15.1. The van der Waals surface area contributed by atoms with Gasteiger partial charge in [0.15, 0.2) is 5.82 Å². The Morgan fingerprint density at radius 1 is 1.30 bits per heavy atom. The van der Waals surface area contributed by atoms with Gasteiger partial charge in [0.1, 0.15) is 16.7 Å². The first-order valence-electron chi connectivity index (χ1n) is 13.0. The summed E-state index contributed by atoms with van der Waals surface area (Å²) in [6.07, 6.45) is 3.37. The number of nitrogens with one attached hydrogen (secondary N) is 1. The van der Waals surface area contributed by atoms with Gasteiger partial charge >= 0.3 is 6.09 Å². The van der Waals surface area contributed by atoms with Crippen molar-refractivity contribution in [3.05, 3.63) is 34.9 Å². The molecule has 2 aliphatic rings. The number of thiophene rings is 1. The molecule has 1 amide bonds. The quantitative estimate of drug-likeness (QED) is 0.311. The number of nitrogens with zero attached hydrogens (tertiary/aromatic N) is 5. The maximum Gasteiger partial charge on any atom is 0.412 e. The van der Waals surface area contributed by atoms with Gasteiger partial charge in [-0.05, 0) is 44.2 Å². The summed E-state index contributed by atoms with van der Waals surface area (Å²) in [5.74, 6) is 0.658. The van der Waals surface area contributed by atoms with Gasteiger partial charge in [0.2, 0.25) is 5.95 Å². The molecule has 206 valence electrons. The zero-order chi connectivity index (χ0) is 28.3. The van der Waals surface area contributed by atoms with E-state index < -0.39 is 17.5 Å². The van der Waals surface area contributed by atoms with E-state index in [0.29, 0.717) is 36.2 Å². The van der Waals surface area contributed by atoms with Crippen molar-refractivity contribution in [3.63, 3.8) is 0 Å². The summed E-state index contributed by atoms with van der Waals surface area (Å²) in [7, 11) is 2.78. The van der Waals surface area contributed by atoms with Gasteiger partial charge in [0.05, 0.1) is 40.9 Å². The molecule has 2 aliphatic heterocycles. The Morgan fingerprint density at radius 2 is 2.08 bits per heavy atom.